The summed E-state index contributed by atoms with van der Waals surface area (Å²) in [6, 6.07) is 23.7. The van der Waals surface area contributed by atoms with E-state index in [1.807, 2.05) is 67.1 Å². The first-order chi connectivity index (χ1) is 16.2. The van der Waals surface area contributed by atoms with E-state index in [1.165, 1.54) is 0 Å². The molecule has 178 valence electrons. The number of Topliss-reactive ketones (excluding diaryl/α,β-unsaturated/α-hetero) is 1. The summed E-state index contributed by atoms with van der Waals surface area (Å²) in [6.07, 6.45) is 0.423. The normalized spacial score (nSPS) is 14.7. The van der Waals surface area contributed by atoms with Gasteiger partial charge in [0.05, 0.1) is 5.69 Å². The fourth-order valence-corrected chi connectivity index (χ4v) is 5.12. The molecule has 35 heavy (non-hydrogen) atoms. The zero-order chi connectivity index (χ0) is 24.3. The van der Waals surface area contributed by atoms with Gasteiger partial charge in [-0.2, -0.15) is 8.42 Å². The van der Waals surface area contributed by atoms with E-state index in [-0.39, 0.29) is 76.0 Å². The second-order valence-electron chi connectivity index (χ2n) is 8.87. The zero-order valence-corrected chi connectivity index (χ0v) is 19.8. The first kappa shape index (κ1) is 27.6. The van der Waals surface area contributed by atoms with Gasteiger partial charge in [0.1, 0.15) is 18.9 Å². The van der Waals surface area contributed by atoms with Gasteiger partial charge in [0, 0.05) is 11.0 Å². The number of benzene rings is 3. The molecule has 0 unspecified atom stereocenters. The van der Waals surface area contributed by atoms with Gasteiger partial charge >= 0.3 is 61.6 Å². The number of anilines is 1. The topological polar surface area (TPSA) is 92.8 Å². The van der Waals surface area contributed by atoms with E-state index in [1.54, 1.807) is 30.3 Å². The van der Waals surface area contributed by atoms with Crippen molar-refractivity contribution in [2.24, 2.45) is 5.41 Å². The van der Waals surface area contributed by atoms with E-state index in [0.717, 1.165) is 15.4 Å². The Hall–Kier alpha value is -2.01. The van der Waals surface area contributed by atoms with E-state index in [9.17, 15) is 18.0 Å². The molecule has 0 saturated carbocycles. The van der Waals surface area contributed by atoms with Gasteiger partial charge in [0.15, 0.2) is 5.78 Å². The van der Waals surface area contributed by atoms with Crippen molar-refractivity contribution in [3.63, 3.8) is 0 Å². The van der Waals surface area contributed by atoms with Crippen LogP contribution in [0.1, 0.15) is 35.3 Å². The van der Waals surface area contributed by atoms with Crippen molar-refractivity contribution in [3.05, 3.63) is 95.6 Å². The molecule has 0 aromatic heterocycles. The molecule has 0 radical (unpaired) electrons. The molecule has 1 fully saturated rings. The second kappa shape index (κ2) is 11.4. The van der Waals surface area contributed by atoms with Gasteiger partial charge in [-0.25, -0.2) is 9.03 Å². The van der Waals surface area contributed by atoms with Crippen molar-refractivity contribution in [1.82, 2.24) is 4.72 Å². The molecule has 4 rings (SSSR count). The van der Waals surface area contributed by atoms with Crippen molar-refractivity contribution < 1.29 is 22.7 Å². The van der Waals surface area contributed by atoms with Crippen molar-refractivity contribution in [3.8, 4) is 5.75 Å². The Kier molecular flexibility index (Phi) is 8.95. The van der Waals surface area contributed by atoms with Gasteiger partial charge in [-0.1, -0.05) is 80.6 Å². The molecule has 1 N–H and O–H groups in total. The molecule has 0 aliphatic carbocycles. The average Bonchev–Trinajstić information content (AvgIpc) is 3.09. The van der Waals surface area contributed by atoms with Crippen LogP contribution >= 0.6 is 0 Å². The van der Waals surface area contributed by atoms with Crippen LogP contribution in [0, 0.1) is 5.41 Å². The number of hydrogen-bond donors (Lipinski definition) is 1. The molecule has 7 nitrogen and oxygen atoms in total. The molecular weight excluding hydrogens is 491 g/mol. The molecule has 1 aliphatic rings. The third-order valence-electron chi connectivity index (χ3n) is 5.65. The van der Waals surface area contributed by atoms with Crippen molar-refractivity contribution in [2.45, 2.75) is 26.9 Å². The predicted octanol–water partition coefficient (Wildman–Crippen LogP) is 3.25. The number of nitrogens with zero attached hydrogens (tertiary/aromatic N) is 1. The summed E-state index contributed by atoms with van der Waals surface area (Å²) in [5.41, 5.74) is 1.94. The Morgan fingerprint density at radius 3 is 2.20 bits per heavy atom. The molecule has 3 aromatic rings. The molecule has 0 atom stereocenters. The van der Waals surface area contributed by atoms with E-state index >= 15 is 0 Å². The van der Waals surface area contributed by atoms with Crippen LogP contribution in [0.15, 0.2) is 78.9 Å². The monoisotopic (exact) mass is 518 g/mol. The van der Waals surface area contributed by atoms with Gasteiger partial charge in [0.2, 0.25) is 0 Å². The summed E-state index contributed by atoms with van der Waals surface area (Å²) < 4.78 is 33.9. The number of ketones is 1. The zero-order valence-electron chi connectivity index (χ0n) is 19.0. The Labute approximate surface area is 248 Å². The maximum atomic E-state index is 13.1. The van der Waals surface area contributed by atoms with E-state index < -0.39 is 21.5 Å². The molecule has 1 aliphatic heterocycles. The standard InChI is InChI=1S/C26H26N2O5S.K.H/c1-26(2,25(30)21-11-7-4-8-12-21)16-20-13-14-22(28-17-24(29)27-34(28,31)32)23(15-20)33-18-19-9-5-3-6-10-19;;/h3-15H,16-18H2,1-2H3,(H,27,29);;. The Morgan fingerprint density at radius 1 is 0.971 bits per heavy atom. The number of carbonyl (C=O) groups excluding carboxylic acids is 2. The van der Waals surface area contributed by atoms with Crippen LogP contribution in [0.3, 0.4) is 0 Å². The molecule has 1 amide bonds. The van der Waals surface area contributed by atoms with Crippen LogP contribution in [-0.4, -0.2) is 78.0 Å². The number of hydrogen-bond acceptors (Lipinski definition) is 5. The van der Waals surface area contributed by atoms with Crippen molar-refractivity contribution >= 4 is 79.0 Å². The number of ether oxygens (including phenoxy) is 1. The van der Waals surface area contributed by atoms with Gasteiger partial charge in [-0.05, 0) is 29.7 Å². The average molecular weight is 519 g/mol. The van der Waals surface area contributed by atoms with Crippen LogP contribution in [0.2, 0.25) is 0 Å². The summed E-state index contributed by atoms with van der Waals surface area (Å²) in [5.74, 6) is -0.266. The van der Waals surface area contributed by atoms with E-state index in [4.69, 9.17) is 4.74 Å². The molecule has 0 spiro atoms. The van der Waals surface area contributed by atoms with Crippen LogP contribution in [0.25, 0.3) is 0 Å². The number of carbonyl (C=O) groups is 2. The maximum absolute atomic E-state index is 13.1. The van der Waals surface area contributed by atoms with Gasteiger partial charge in [0.25, 0.3) is 5.91 Å². The summed E-state index contributed by atoms with van der Waals surface area (Å²) >= 11 is 0. The molecule has 1 heterocycles. The quantitative estimate of drug-likeness (QED) is 0.365. The van der Waals surface area contributed by atoms with Gasteiger partial charge < -0.3 is 4.74 Å². The van der Waals surface area contributed by atoms with Crippen LogP contribution < -0.4 is 13.8 Å². The van der Waals surface area contributed by atoms with Crippen molar-refractivity contribution in [2.75, 3.05) is 10.8 Å². The van der Waals surface area contributed by atoms with Gasteiger partial charge in [-0.3, -0.25) is 9.59 Å². The van der Waals surface area contributed by atoms with Crippen LogP contribution in [-0.2, 0) is 28.0 Å². The number of nitrogens with one attached hydrogen (secondary N) is 1. The Morgan fingerprint density at radius 2 is 1.60 bits per heavy atom. The molecular formula is C26H27KN2O5S. The van der Waals surface area contributed by atoms with Crippen LogP contribution in [0.4, 0.5) is 5.69 Å². The third-order valence-corrected chi connectivity index (χ3v) is 7.04. The number of amides is 1. The van der Waals surface area contributed by atoms with Gasteiger partial charge in [-0.15, -0.1) is 0 Å². The fraction of sp³-hybridized carbons (Fsp3) is 0.231. The summed E-state index contributed by atoms with van der Waals surface area (Å²) in [6.45, 7) is 3.67. The SMILES string of the molecule is CC(C)(Cc1ccc(N2CC(=O)NS2(=O)=O)c(OCc2ccccc2)c1)C(=O)c1ccccc1.[KH]. The van der Waals surface area contributed by atoms with Crippen molar-refractivity contribution in [1.29, 1.82) is 0 Å². The molecule has 3 aromatic carbocycles. The minimum absolute atomic E-state index is 0. The van der Waals surface area contributed by atoms with E-state index in [0.29, 0.717) is 17.7 Å². The second-order valence-corrected chi connectivity index (χ2v) is 10.5. The Bertz CT molecular complexity index is 1310. The van der Waals surface area contributed by atoms with Crippen LogP contribution in [0.5, 0.6) is 5.75 Å². The summed E-state index contributed by atoms with van der Waals surface area (Å²) in [7, 11) is -3.99. The third kappa shape index (κ3) is 6.61. The summed E-state index contributed by atoms with van der Waals surface area (Å²) in [4.78, 5) is 24.9. The van der Waals surface area contributed by atoms with E-state index in [2.05, 4.69) is 0 Å². The fourth-order valence-electron chi connectivity index (χ4n) is 3.96. The molecule has 1 saturated heterocycles. The Balaban J connectivity index is 0.00000342. The minimum atomic E-state index is -3.99. The predicted molar refractivity (Wildman–Crippen MR) is 137 cm³/mol. The summed E-state index contributed by atoms with van der Waals surface area (Å²) in [5, 5.41) is 0. The molecule has 0 bridgehead atoms. The number of rotatable bonds is 8. The first-order valence-electron chi connectivity index (χ1n) is 10.9. The molecule has 9 heteroatoms. The first-order valence-corrected chi connectivity index (χ1v) is 12.3.